The Morgan fingerprint density at radius 3 is 2.96 bits per heavy atom. The third-order valence-electron chi connectivity index (χ3n) is 7.40. The highest BCUT2D eigenvalue weighted by atomic mass is 16.1. The fourth-order valence-corrected chi connectivity index (χ4v) is 6.16. The zero-order chi connectivity index (χ0) is 16.0. The first-order valence-corrected chi connectivity index (χ1v) is 9.45. The van der Waals surface area contributed by atoms with E-state index in [1.807, 2.05) is 6.92 Å². The van der Waals surface area contributed by atoms with Gasteiger partial charge in [0.2, 0.25) is 0 Å². The second kappa shape index (κ2) is 5.66. The van der Waals surface area contributed by atoms with E-state index in [0.717, 1.165) is 43.4 Å². The molecule has 4 atom stereocenters. The molecule has 4 rings (SSSR count). The Morgan fingerprint density at radius 1 is 1.26 bits per heavy atom. The molecule has 0 bridgehead atoms. The number of hydrogen-bond acceptors (Lipinski definition) is 1. The van der Waals surface area contributed by atoms with Gasteiger partial charge in [0, 0.05) is 19.3 Å². The monoisotopic (exact) mass is 308 g/mol. The first kappa shape index (κ1) is 15.3. The van der Waals surface area contributed by atoms with Crippen LogP contribution >= 0.6 is 0 Å². The van der Waals surface area contributed by atoms with Gasteiger partial charge in [0.1, 0.15) is 5.78 Å². The molecule has 1 saturated carbocycles. The largest absolute Gasteiger partial charge is 0.299 e. The molecular formula is C22H28O. The topological polar surface area (TPSA) is 17.1 Å². The maximum absolute atomic E-state index is 11.8. The van der Waals surface area contributed by atoms with Crippen molar-refractivity contribution in [2.24, 2.45) is 23.2 Å². The van der Waals surface area contributed by atoms with E-state index in [0.29, 0.717) is 11.2 Å². The SMILES string of the molecule is CC#CCC1=CC[C@H]2[C@@H]3CCC4=C(CCC(=O)C4)[C@H]3CC[C@]12C. The molecule has 4 aliphatic carbocycles. The minimum atomic E-state index is 0.396. The summed E-state index contributed by atoms with van der Waals surface area (Å²) in [4.78, 5) is 11.8. The number of fused-ring (bicyclic) bond motifs is 4. The van der Waals surface area contributed by atoms with Crippen LogP contribution in [-0.2, 0) is 4.79 Å². The van der Waals surface area contributed by atoms with Crippen molar-refractivity contribution >= 4 is 5.78 Å². The number of ketones is 1. The van der Waals surface area contributed by atoms with Crippen LogP contribution in [0.4, 0.5) is 0 Å². The summed E-state index contributed by atoms with van der Waals surface area (Å²) in [6.07, 6.45) is 12.6. The lowest BCUT2D eigenvalue weighted by Gasteiger charge is -2.51. The van der Waals surface area contributed by atoms with E-state index in [-0.39, 0.29) is 0 Å². The number of rotatable bonds is 1. The molecule has 0 amide bonds. The van der Waals surface area contributed by atoms with E-state index in [1.54, 1.807) is 11.1 Å². The summed E-state index contributed by atoms with van der Waals surface area (Å²) < 4.78 is 0. The summed E-state index contributed by atoms with van der Waals surface area (Å²) >= 11 is 0. The van der Waals surface area contributed by atoms with Gasteiger partial charge in [0.05, 0.1) is 0 Å². The predicted octanol–water partition coefficient (Wildman–Crippen LogP) is 5.22. The number of allylic oxidation sites excluding steroid dienone is 4. The third-order valence-corrected chi connectivity index (χ3v) is 7.40. The van der Waals surface area contributed by atoms with Crippen molar-refractivity contribution in [3.63, 3.8) is 0 Å². The molecule has 0 aromatic heterocycles. The molecule has 0 spiro atoms. The van der Waals surface area contributed by atoms with Crippen LogP contribution in [0.1, 0.15) is 71.6 Å². The van der Waals surface area contributed by atoms with E-state index in [9.17, 15) is 4.79 Å². The maximum Gasteiger partial charge on any atom is 0.137 e. The molecule has 1 fully saturated rings. The van der Waals surface area contributed by atoms with Gasteiger partial charge in [-0.3, -0.25) is 4.79 Å². The summed E-state index contributed by atoms with van der Waals surface area (Å²) in [5.74, 6) is 9.32. The second-order valence-electron chi connectivity index (χ2n) is 8.28. The minimum absolute atomic E-state index is 0.396. The van der Waals surface area contributed by atoms with Crippen LogP contribution in [-0.4, -0.2) is 5.78 Å². The molecule has 0 N–H and O–H groups in total. The van der Waals surface area contributed by atoms with Crippen molar-refractivity contribution in [3.8, 4) is 11.8 Å². The Hall–Kier alpha value is -1.29. The van der Waals surface area contributed by atoms with Crippen LogP contribution in [0.5, 0.6) is 0 Å². The van der Waals surface area contributed by atoms with Crippen LogP contribution in [0.2, 0.25) is 0 Å². The standard InChI is InChI=1S/C22H28O/c1-3-4-5-16-7-11-21-20-9-6-15-14-17(23)8-10-18(15)19(20)12-13-22(16,21)2/h7,19-21H,5-6,8-14H2,1-2H3/t19-,20-,21+,22-/m1/s1. The van der Waals surface area contributed by atoms with Gasteiger partial charge >= 0.3 is 0 Å². The smallest absolute Gasteiger partial charge is 0.137 e. The van der Waals surface area contributed by atoms with Crippen LogP contribution in [0.15, 0.2) is 22.8 Å². The van der Waals surface area contributed by atoms with Gasteiger partial charge in [-0.25, -0.2) is 0 Å². The summed E-state index contributed by atoms with van der Waals surface area (Å²) in [5.41, 5.74) is 5.26. The lowest BCUT2D eigenvalue weighted by Crippen LogP contribution is -2.43. The average Bonchev–Trinajstić information content (AvgIpc) is 2.89. The van der Waals surface area contributed by atoms with Gasteiger partial charge in [-0.1, -0.05) is 35.6 Å². The van der Waals surface area contributed by atoms with Gasteiger partial charge in [0.25, 0.3) is 0 Å². The van der Waals surface area contributed by atoms with Crippen molar-refractivity contribution in [1.29, 1.82) is 0 Å². The molecule has 1 heteroatoms. The van der Waals surface area contributed by atoms with E-state index in [1.165, 1.54) is 37.7 Å². The summed E-state index contributed by atoms with van der Waals surface area (Å²) in [7, 11) is 0. The molecule has 0 heterocycles. The van der Waals surface area contributed by atoms with Crippen molar-refractivity contribution in [3.05, 3.63) is 22.8 Å². The highest BCUT2D eigenvalue weighted by Crippen LogP contribution is 2.61. The molecule has 0 unspecified atom stereocenters. The summed E-state index contributed by atoms with van der Waals surface area (Å²) in [5, 5.41) is 0. The van der Waals surface area contributed by atoms with Crippen molar-refractivity contribution < 1.29 is 4.79 Å². The van der Waals surface area contributed by atoms with Crippen LogP contribution in [0.25, 0.3) is 0 Å². The lowest BCUT2D eigenvalue weighted by molar-refractivity contribution is -0.119. The molecule has 4 aliphatic rings. The Labute approximate surface area is 140 Å². The Bertz CT molecular complexity index is 653. The van der Waals surface area contributed by atoms with Gasteiger partial charge < -0.3 is 0 Å². The molecule has 0 aromatic rings. The first-order chi connectivity index (χ1) is 11.1. The highest BCUT2D eigenvalue weighted by molar-refractivity contribution is 5.82. The van der Waals surface area contributed by atoms with Crippen molar-refractivity contribution in [2.45, 2.75) is 71.6 Å². The fraction of sp³-hybridized carbons (Fsp3) is 0.682. The molecule has 0 radical (unpaired) electrons. The van der Waals surface area contributed by atoms with Crippen LogP contribution in [0, 0.1) is 35.0 Å². The molecular weight excluding hydrogens is 280 g/mol. The molecule has 23 heavy (non-hydrogen) atoms. The van der Waals surface area contributed by atoms with Gasteiger partial charge in [-0.2, -0.15) is 0 Å². The Kier molecular flexibility index (Phi) is 3.75. The van der Waals surface area contributed by atoms with E-state index >= 15 is 0 Å². The Morgan fingerprint density at radius 2 is 2.13 bits per heavy atom. The normalized spacial score (nSPS) is 39.0. The zero-order valence-electron chi connectivity index (χ0n) is 14.6. The van der Waals surface area contributed by atoms with Gasteiger partial charge in [-0.05, 0) is 68.6 Å². The number of carbonyl (C=O) groups excluding carboxylic acids is 1. The van der Waals surface area contributed by atoms with E-state index < -0.39 is 0 Å². The third kappa shape index (κ3) is 2.34. The van der Waals surface area contributed by atoms with Gasteiger partial charge in [0.15, 0.2) is 0 Å². The molecule has 0 aromatic carbocycles. The average molecular weight is 308 g/mol. The van der Waals surface area contributed by atoms with Crippen molar-refractivity contribution in [1.82, 2.24) is 0 Å². The maximum atomic E-state index is 11.8. The number of carbonyl (C=O) groups is 1. The zero-order valence-corrected chi connectivity index (χ0v) is 14.6. The molecule has 122 valence electrons. The first-order valence-electron chi connectivity index (χ1n) is 9.45. The van der Waals surface area contributed by atoms with Gasteiger partial charge in [-0.15, -0.1) is 5.92 Å². The fourth-order valence-electron chi connectivity index (χ4n) is 6.16. The highest BCUT2D eigenvalue weighted by Gasteiger charge is 2.51. The Balaban J connectivity index is 1.59. The van der Waals surface area contributed by atoms with Crippen LogP contribution in [0.3, 0.4) is 0 Å². The predicted molar refractivity (Wildman–Crippen MR) is 93.7 cm³/mol. The minimum Gasteiger partial charge on any atom is -0.299 e. The second-order valence-corrected chi connectivity index (χ2v) is 8.28. The lowest BCUT2D eigenvalue weighted by atomic mass is 9.53. The molecule has 0 aliphatic heterocycles. The van der Waals surface area contributed by atoms with Crippen LogP contribution < -0.4 is 0 Å². The summed E-state index contributed by atoms with van der Waals surface area (Å²) in [6.45, 7) is 4.46. The number of Topliss-reactive ketones (excluding diaryl/α,β-unsaturated/α-hetero) is 1. The molecule has 0 saturated heterocycles. The molecule has 1 nitrogen and oxygen atoms in total. The van der Waals surface area contributed by atoms with Crippen molar-refractivity contribution in [2.75, 3.05) is 0 Å². The summed E-state index contributed by atoms with van der Waals surface area (Å²) in [6, 6.07) is 0. The van der Waals surface area contributed by atoms with E-state index in [4.69, 9.17) is 0 Å². The van der Waals surface area contributed by atoms with E-state index in [2.05, 4.69) is 24.8 Å². The quantitative estimate of drug-likeness (QED) is 0.479. The number of hydrogen-bond donors (Lipinski definition) is 0.